The van der Waals surface area contributed by atoms with E-state index in [4.69, 9.17) is 0 Å². The van der Waals surface area contributed by atoms with E-state index < -0.39 is 0 Å². The summed E-state index contributed by atoms with van der Waals surface area (Å²) in [5, 5.41) is 3.69. The zero-order valence-corrected chi connectivity index (χ0v) is 14.6. The van der Waals surface area contributed by atoms with Gasteiger partial charge in [-0.3, -0.25) is 0 Å². The molecular formula is C18H31NS. The summed E-state index contributed by atoms with van der Waals surface area (Å²) in [5.74, 6) is 1.14. The molecule has 1 rings (SSSR count). The van der Waals surface area contributed by atoms with E-state index >= 15 is 0 Å². The van der Waals surface area contributed by atoms with Gasteiger partial charge in [-0.05, 0) is 30.5 Å². The average Bonchev–Trinajstić information content (AvgIpc) is 2.39. The molecule has 114 valence electrons. The summed E-state index contributed by atoms with van der Waals surface area (Å²) in [7, 11) is 0. The first-order chi connectivity index (χ1) is 9.46. The summed E-state index contributed by atoms with van der Waals surface area (Å²) in [4.78, 5) is 0. The molecule has 0 aliphatic heterocycles. The summed E-state index contributed by atoms with van der Waals surface area (Å²) in [5.41, 5.74) is 2.88. The molecule has 0 amide bonds. The average molecular weight is 294 g/mol. The fourth-order valence-electron chi connectivity index (χ4n) is 2.13. The first-order valence-electron chi connectivity index (χ1n) is 7.92. The van der Waals surface area contributed by atoms with E-state index in [0.29, 0.717) is 10.8 Å². The van der Waals surface area contributed by atoms with Crippen molar-refractivity contribution < 1.29 is 0 Å². The van der Waals surface area contributed by atoms with Gasteiger partial charge in [0.1, 0.15) is 0 Å². The van der Waals surface area contributed by atoms with Gasteiger partial charge in [0.2, 0.25) is 0 Å². The van der Waals surface area contributed by atoms with Crippen LogP contribution >= 0.6 is 11.8 Å². The second-order valence-corrected chi connectivity index (χ2v) is 8.27. The predicted molar refractivity (Wildman–Crippen MR) is 93.7 cm³/mol. The Labute approximate surface area is 129 Å². The monoisotopic (exact) mass is 293 g/mol. The SMILES string of the molecule is CCCNC(CSC(C)(C)C)c1ccc(CCC)cc1. The molecule has 0 aliphatic carbocycles. The molecule has 0 heterocycles. The van der Waals surface area contributed by atoms with Gasteiger partial charge >= 0.3 is 0 Å². The van der Waals surface area contributed by atoms with E-state index in [-0.39, 0.29) is 0 Å². The number of nitrogens with one attached hydrogen (secondary N) is 1. The van der Waals surface area contributed by atoms with E-state index in [2.05, 4.69) is 64.2 Å². The number of rotatable bonds is 8. The zero-order chi connectivity index (χ0) is 15.0. The maximum Gasteiger partial charge on any atom is 0.0412 e. The van der Waals surface area contributed by atoms with Crippen LogP contribution in [0.15, 0.2) is 24.3 Å². The maximum atomic E-state index is 3.69. The largest absolute Gasteiger partial charge is 0.309 e. The van der Waals surface area contributed by atoms with Gasteiger partial charge in [0, 0.05) is 16.5 Å². The Hall–Kier alpha value is -0.470. The Balaban J connectivity index is 2.70. The van der Waals surface area contributed by atoms with Crippen LogP contribution in [-0.4, -0.2) is 17.0 Å². The van der Waals surface area contributed by atoms with Crippen LogP contribution < -0.4 is 5.32 Å². The van der Waals surface area contributed by atoms with Crippen molar-refractivity contribution in [1.82, 2.24) is 5.32 Å². The molecule has 1 N–H and O–H groups in total. The van der Waals surface area contributed by atoms with E-state index in [1.807, 2.05) is 11.8 Å². The highest BCUT2D eigenvalue weighted by atomic mass is 32.2. The number of hydrogen-bond donors (Lipinski definition) is 1. The number of aryl methyl sites for hydroxylation is 1. The van der Waals surface area contributed by atoms with E-state index in [9.17, 15) is 0 Å². The van der Waals surface area contributed by atoms with Crippen LogP contribution in [0.3, 0.4) is 0 Å². The van der Waals surface area contributed by atoms with Gasteiger partial charge in [-0.15, -0.1) is 0 Å². The first-order valence-corrected chi connectivity index (χ1v) is 8.91. The first kappa shape index (κ1) is 17.6. The van der Waals surface area contributed by atoms with E-state index in [1.165, 1.54) is 30.4 Å². The van der Waals surface area contributed by atoms with Gasteiger partial charge in [-0.1, -0.05) is 65.3 Å². The summed E-state index contributed by atoms with van der Waals surface area (Å²) in [6.45, 7) is 12.4. The summed E-state index contributed by atoms with van der Waals surface area (Å²) < 4.78 is 0.328. The summed E-state index contributed by atoms with van der Waals surface area (Å²) in [6.07, 6.45) is 3.59. The van der Waals surface area contributed by atoms with Crippen LogP contribution in [0.4, 0.5) is 0 Å². The van der Waals surface area contributed by atoms with Gasteiger partial charge < -0.3 is 5.32 Å². The molecular weight excluding hydrogens is 262 g/mol. The third-order valence-corrected chi connectivity index (χ3v) is 4.61. The Kier molecular flexibility index (Phi) is 7.68. The van der Waals surface area contributed by atoms with Crippen molar-refractivity contribution in [3.05, 3.63) is 35.4 Å². The molecule has 20 heavy (non-hydrogen) atoms. The lowest BCUT2D eigenvalue weighted by Crippen LogP contribution is -2.26. The van der Waals surface area contributed by atoms with Crippen molar-refractivity contribution in [3.8, 4) is 0 Å². The molecule has 0 radical (unpaired) electrons. The Morgan fingerprint density at radius 2 is 1.70 bits per heavy atom. The molecule has 1 atom stereocenters. The van der Waals surface area contributed by atoms with Crippen LogP contribution in [0.25, 0.3) is 0 Å². The standard InChI is InChI=1S/C18H31NS/c1-6-8-15-9-11-16(12-10-15)17(19-13-7-2)14-20-18(3,4)5/h9-12,17,19H,6-8,13-14H2,1-5H3. The quantitative estimate of drug-likeness (QED) is 0.706. The molecule has 0 aliphatic rings. The number of hydrogen-bond acceptors (Lipinski definition) is 2. The molecule has 1 nitrogen and oxygen atoms in total. The second-order valence-electron chi connectivity index (χ2n) is 6.42. The van der Waals surface area contributed by atoms with Crippen LogP contribution in [0, 0.1) is 0 Å². The molecule has 0 saturated carbocycles. The molecule has 1 aromatic rings. The molecule has 0 aromatic heterocycles. The topological polar surface area (TPSA) is 12.0 Å². The van der Waals surface area contributed by atoms with Gasteiger partial charge in [0.25, 0.3) is 0 Å². The molecule has 0 fully saturated rings. The van der Waals surface area contributed by atoms with Gasteiger partial charge in [0.15, 0.2) is 0 Å². The van der Waals surface area contributed by atoms with Crippen LogP contribution in [0.5, 0.6) is 0 Å². The van der Waals surface area contributed by atoms with E-state index in [1.54, 1.807) is 0 Å². The summed E-state index contributed by atoms with van der Waals surface area (Å²) >= 11 is 2.04. The lowest BCUT2D eigenvalue weighted by atomic mass is 10.0. The number of benzene rings is 1. The Bertz CT molecular complexity index is 364. The smallest absolute Gasteiger partial charge is 0.0412 e. The minimum Gasteiger partial charge on any atom is -0.309 e. The van der Waals surface area contributed by atoms with Crippen LogP contribution in [-0.2, 0) is 6.42 Å². The van der Waals surface area contributed by atoms with Crippen molar-refractivity contribution in [2.75, 3.05) is 12.3 Å². The Morgan fingerprint density at radius 1 is 1.05 bits per heavy atom. The van der Waals surface area contributed by atoms with Crippen molar-refractivity contribution in [2.45, 2.75) is 64.7 Å². The highest BCUT2D eigenvalue weighted by molar-refractivity contribution is 8.00. The fraction of sp³-hybridized carbons (Fsp3) is 0.667. The molecule has 1 unspecified atom stereocenters. The molecule has 2 heteroatoms. The maximum absolute atomic E-state index is 3.69. The lowest BCUT2D eigenvalue weighted by Gasteiger charge is -2.24. The minimum absolute atomic E-state index is 0.328. The van der Waals surface area contributed by atoms with Crippen LogP contribution in [0.2, 0.25) is 0 Å². The van der Waals surface area contributed by atoms with E-state index in [0.717, 1.165) is 12.3 Å². The van der Waals surface area contributed by atoms with Gasteiger partial charge in [-0.25, -0.2) is 0 Å². The van der Waals surface area contributed by atoms with Crippen molar-refractivity contribution in [2.24, 2.45) is 0 Å². The predicted octanol–water partition coefficient (Wildman–Crippen LogP) is 5.21. The van der Waals surface area contributed by atoms with Crippen molar-refractivity contribution in [3.63, 3.8) is 0 Å². The molecule has 0 bridgehead atoms. The zero-order valence-electron chi connectivity index (χ0n) is 13.8. The highest BCUT2D eigenvalue weighted by Crippen LogP contribution is 2.28. The van der Waals surface area contributed by atoms with Gasteiger partial charge in [0.05, 0.1) is 0 Å². The second kappa shape index (κ2) is 8.74. The molecule has 0 spiro atoms. The lowest BCUT2D eigenvalue weighted by molar-refractivity contribution is 0.575. The molecule has 1 aromatic carbocycles. The third kappa shape index (κ3) is 6.81. The molecule has 0 saturated heterocycles. The third-order valence-electron chi connectivity index (χ3n) is 3.24. The Morgan fingerprint density at radius 3 is 2.20 bits per heavy atom. The minimum atomic E-state index is 0.328. The van der Waals surface area contributed by atoms with Crippen molar-refractivity contribution in [1.29, 1.82) is 0 Å². The normalized spacial score (nSPS) is 13.4. The highest BCUT2D eigenvalue weighted by Gasteiger charge is 2.16. The fourth-order valence-corrected chi connectivity index (χ4v) is 3.11. The van der Waals surface area contributed by atoms with Gasteiger partial charge in [-0.2, -0.15) is 11.8 Å². The van der Waals surface area contributed by atoms with Crippen LogP contribution in [0.1, 0.15) is 64.6 Å². The van der Waals surface area contributed by atoms with Crippen molar-refractivity contribution >= 4 is 11.8 Å². The summed E-state index contributed by atoms with van der Waals surface area (Å²) in [6, 6.07) is 9.67. The number of thioether (sulfide) groups is 1.